The first-order chi connectivity index (χ1) is 8.81. The maximum Gasteiger partial charge on any atom is 0.407 e. The number of rotatable bonds is 4. The van der Waals surface area contributed by atoms with E-state index < -0.39 is 11.7 Å². The zero-order valence-electron chi connectivity index (χ0n) is 11.8. The molecule has 1 rings (SSSR count). The van der Waals surface area contributed by atoms with Gasteiger partial charge in [-0.25, -0.2) is 4.79 Å². The molecular formula is C12H21N3O4. The molecule has 0 aromatic carbocycles. The molecule has 0 saturated heterocycles. The molecule has 0 aliphatic carbocycles. The third-order valence-corrected chi connectivity index (χ3v) is 2.21. The van der Waals surface area contributed by atoms with Crippen LogP contribution in [0.1, 0.15) is 34.1 Å². The highest BCUT2D eigenvalue weighted by atomic mass is 16.6. The number of alkyl carbamates (subject to hydrolysis) is 1. The molecule has 0 aromatic heterocycles. The van der Waals surface area contributed by atoms with Gasteiger partial charge in [0.2, 0.25) is 0 Å². The summed E-state index contributed by atoms with van der Waals surface area (Å²) in [7, 11) is 0. The summed E-state index contributed by atoms with van der Waals surface area (Å²) in [5.41, 5.74) is -0.193. The van der Waals surface area contributed by atoms with Crippen molar-refractivity contribution >= 4 is 17.7 Å². The Morgan fingerprint density at radius 3 is 2.68 bits per heavy atom. The van der Waals surface area contributed by atoms with Gasteiger partial charge in [0, 0.05) is 13.0 Å². The number of nitrogens with one attached hydrogen (secondary N) is 2. The van der Waals surface area contributed by atoms with Crippen LogP contribution in [0.2, 0.25) is 0 Å². The molecule has 1 atom stereocenters. The Kier molecular flexibility index (Phi) is 5.14. The molecule has 19 heavy (non-hydrogen) atoms. The molecule has 108 valence electrons. The van der Waals surface area contributed by atoms with Gasteiger partial charge in [0.1, 0.15) is 11.3 Å². The van der Waals surface area contributed by atoms with Crippen molar-refractivity contribution in [2.45, 2.75) is 45.8 Å². The summed E-state index contributed by atoms with van der Waals surface area (Å²) in [4.78, 5) is 28.0. The van der Waals surface area contributed by atoms with Crippen LogP contribution in [-0.2, 0) is 14.4 Å². The van der Waals surface area contributed by atoms with Crippen molar-refractivity contribution in [3.05, 3.63) is 0 Å². The normalized spacial score (nSPS) is 18.3. The third kappa shape index (κ3) is 5.58. The van der Waals surface area contributed by atoms with Gasteiger partial charge in [-0.15, -0.1) is 0 Å². The average Bonchev–Trinajstić information content (AvgIpc) is 2.73. The second-order valence-corrected chi connectivity index (χ2v) is 5.21. The molecule has 2 N–H and O–H groups in total. The van der Waals surface area contributed by atoms with Gasteiger partial charge in [0.05, 0.1) is 6.54 Å². The van der Waals surface area contributed by atoms with Crippen molar-refractivity contribution in [2.24, 2.45) is 5.16 Å². The maximum absolute atomic E-state index is 11.5. The highest BCUT2D eigenvalue weighted by Gasteiger charge is 2.26. The molecule has 1 aliphatic rings. The quantitative estimate of drug-likeness (QED) is 0.791. The minimum Gasteiger partial charge on any atom is -0.444 e. The molecule has 7 nitrogen and oxygen atoms in total. The molecular weight excluding hydrogens is 250 g/mol. The molecule has 0 aromatic rings. The predicted molar refractivity (Wildman–Crippen MR) is 69.8 cm³/mol. The molecule has 1 aliphatic heterocycles. The van der Waals surface area contributed by atoms with E-state index in [9.17, 15) is 9.59 Å². The first-order valence-electron chi connectivity index (χ1n) is 6.29. The Bertz CT molecular complexity index is 374. The summed E-state index contributed by atoms with van der Waals surface area (Å²) in [6.45, 7) is 7.98. The van der Waals surface area contributed by atoms with E-state index in [2.05, 4.69) is 15.8 Å². The Morgan fingerprint density at radius 1 is 1.42 bits per heavy atom. The van der Waals surface area contributed by atoms with Crippen LogP contribution in [-0.4, -0.2) is 42.5 Å². The van der Waals surface area contributed by atoms with Gasteiger partial charge in [0.25, 0.3) is 5.91 Å². The fraction of sp³-hybridized carbons (Fsp3) is 0.750. The van der Waals surface area contributed by atoms with Crippen LogP contribution in [0.3, 0.4) is 0 Å². The van der Waals surface area contributed by atoms with Gasteiger partial charge >= 0.3 is 6.09 Å². The van der Waals surface area contributed by atoms with E-state index in [-0.39, 0.29) is 18.6 Å². The van der Waals surface area contributed by atoms with Gasteiger partial charge < -0.3 is 20.2 Å². The number of hydrogen-bond acceptors (Lipinski definition) is 5. The van der Waals surface area contributed by atoms with Crippen molar-refractivity contribution in [3.8, 4) is 0 Å². The van der Waals surface area contributed by atoms with Crippen LogP contribution in [0.4, 0.5) is 4.79 Å². The number of carbonyl (C=O) groups is 2. The second kappa shape index (κ2) is 6.40. The van der Waals surface area contributed by atoms with E-state index in [0.717, 1.165) is 0 Å². The number of oxime groups is 1. The van der Waals surface area contributed by atoms with Gasteiger partial charge in [0.15, 0.2) is 6.10 Å². The van der Waals surface area contributed by atoms with Crippen LogP contribution < -0.4 is 10.6 Å². The lowest BCUT2D eigenvalue weighted by Gasteiger charge is -2.20. The van der Waals surface area contributed by atoms with Crippen LogP contribution in [0, 0.1) is 0 Å². The standard InChI is InChI=1S/C12H21N3O4/c1-5-13-10(16)9-6-8(19-15-9)7-14-11(17)18-12(2,3)4/h8H,5-7H2,1-4H3,(H,13,16)(H,14,17)/t8-/m0/s1. The van der Waals surface area contributed by atoms with Crippen LogP contribution in [0.15, 0.2) is 5.16 Å². The summed E-state index contributed by atoms with van der Waals surface area (Å²) in [5, 5.41) is 8.92. The number of carbonyl (C=O) groups excluding carboxylic acids is 2. The molecule has 0 spiro atoms. The highest BCUT2D eigenvalue weighted by molar-refractivity contribution is 6.39. The van der Waals surface area contributed by atoms with Crippen molar-refractivity contribution in [2.75, 3.05) is 13.1 Å². The minimum absolute atomic E-state index is 0.234. The minimum atomic E-state index is -0.538. The topological polar surface area (TPSA) is 89.0 Å². The van der Waals surface area contributed by atoms with Crippen molar-refractivity contribution in [1.82, 2.24) is 10.6 Å². The molecule has 0 radical (unpaired) electrons. The van der Waals surface area contributed by atoms with Crippen LogP contribution in [0.25, 0.3) is 0 Å². The number of ether oxygens (including phenoxy) is 1. The van der Waals surface area contributed by atoms with E-state index in [1.54, 1.807) is 20.8 Å². The van der Waals surface area contributed by atoms with E-state index in [1.165, 1.54) is 0 Å². The van der Waals surface area contributed by atoms with Crippen molar-refractivity contribution in [1.29, 1.82) is 0 Å². The highest BCUT2D eigenvalue weighted by Crippen LogP contribution is 2.11. The lowest BCUT2D eigenvalue weighted by Crippen LogP contribution is -2.37. The monoisotopic (exact) mass is 271 g/mol. The van der Waals surface area contributed by atoms with Crippen LogP contribution >= 0.6 is 0 Å². The first-order valence-corrected chi connectivity index (χ1v) is 6.29. The summed E-state index contributed by atoms with van der Waals surface area (Å²) in [5.74, 6) is -0.234. The molecule has 7 heteroatoms. The zero-order valence-corrected chi connectivity index (χ0v) is 11.8. The Hall–Kier alpha value is -1.79. The van der Waals surface area contributed by atoms with Crippen molar-refractivity contribution < 1.29 is 19.2 Å². The predicted octanol–water partition coefficient (Wildman–Crippen LogP) is 0.792. The maximum atomic E-state index is 11.5. The van der Waals surface area contributed by atoms with Gasteiger partial charge in [-0.05, 0) is 27.7 Å². The van der Waals surface area contributed by atoms with Gasteiger partial charge in [-0.1, -0.05) is 5.16 Å². The molecule has 0 unspecified atom stereocenters. The molecule has 0 saturated carbocycles. The fourth-order valence-electron chi connectivity index (χ4n) is 1.45. The largest absolute Gasteiger partial charge is 0.444 e. The summed E-state index contributed by atoms with van der Waals surface area (Å²) >= 11 is 0. The molecule has 1 heterocycles. The summed E-state index contributed by atoms with van der Waals surface area (Å²) in [6.07, 6.45) is -0.463. The lowest BCUT2D eigenvalue weighted by atomic mass is 10.1. The SMILES string of the molecule is CCNC(=O)C1=NO[C@H](CNC(=O)OC(C)(C)C)C1. The molecule has 2 amide bonds. The Labute approximate surface area is 112 Å². The molecule has 0 bridgehead atoms. The lowest BCUT2D eigenvalue weighted by molar-refractivity contribution is -0.114. The Balaban J connectivity index is 2.27. The van der Waals surface area contributed by atoms with Crippen molar-refractivity contribution in [3.63, 3.8) is 0 Å². The zero-order chi connectivity index (χ0) is 14.5. The van der Waals surface area contributed by atoms with E-state index >= 15 is 0 Å². The summed E-state index contributed by atoms with van der Waals surface area (Å²) < 4.78 is 5.09. The average molecular weight is 271 g/mol. The number of nitrogens with zero attached hydrogens (tertiary/aromatic N) is 1. The van der Waals surface area contributed by atoms with E-state index in [1.807, 2.05) is 6.92 Å². The first kappa shape index (κ1) is 15.3. The smallest absolute Gasteiger partial charge is 0.407 e. The summed E-state index contributed by atoms with van der Waals surface area (Å²) in [6, 6.07) is 0. The molecule has 0 fully saturated rings. The number of amides is 2. The second-order valence-electron chi connectivity index (χ2n) is 5.21. The van der Waals surface area contributed by atoms with E-state index in [4.69, 9.17) is 9.57 Å². The fourth-order valence-corrected chi connectivity index (χ4v) is 1.45. The van der Waals surface area contributed by atoms with Crippen LogP contribution in [0.5, 0.6) is 0 Å². The number of hydrogen-bond donors (Lipinski definition) is 2. The third-order valence-electron chi connectivity index (χ3n) is 2.21. The Morgan fingerprint density at radius 2 is 2.11 bits per heavy atom. The van der Waals surface area contributed by atoms with Gasteiger partial charge in [-0.3, -0.25) is 4.79 Å². The van der Waals surface area contributed by atoms with Gasteiger partial charge in [-0.2, -0.15) is 0 Å². The van der Waals surface area contributed by atoms with E-state index in [0.29, 0.717) is 18.7 Å².